The quantitative estimate of drug-likeness (QED) is 0.822. The summed E-state index contributed by atoms with van der Waals surface area (Å²) in [6, 6.07) is 7.69. The van der Waals surface area contributed by atoms with Crippen LogP contribution in [0.2, 0.25) is 0 Å². The molecule has 0 saturated heterocycles. The van der Waals surface area contributed by atoms with Crippen LogP contribution in [0.4, 0.5) is 5.69 Å². The number of hydrogen-bond acceptors (Lipinski definition) is 5. The molecule has 7 heteroatoms. The third-order valence-electron chi connectivity index (χ3n) is 3.58. The first-order valence-electron chi connectivity index (χ1n) is 8.02. The van der Waals surface area contributed by atoms with Crippen molar-refractivity contribution in [3.05, 3.63) is 45.9 Å². The fourth-order valence-corrected chi connectivity index (χ4v) is 2.97. The minimum Gasteiger partial charge on any atom is -0.348 e. The first kappa shape index (κ1) is 19.1. The fourth-order valence-electron chi connectivity index (χ4n) is 2.19. The van der Waals surface area contributed by atoms with Gasteiger partial charge in [-0.1, -0.05) is 17.7 Å². The predicted molar refractivity (Wildman–Crippen MR) is 101 cm³/mol. The van der Waals surface area contributed by atoms with Gasteiger partial charge in [-0.05, 0) is 26.1 Å². The zero-order valence-electron chi connectivity index (χ0n) is 15.1. The summed E-state index contributed by atoms with van der Waals surface area (Å²) < 4.78 is 0. The van der Waals surface area contributed by atoms with Gasteiger partial charge >= 0.3 is 0 Å². The summed E-state index contributed by atoms with van der Waals surface area (Å²) in [5, 5.41) is 5.58. The molecule has 1 aromatic carbocycles. The van der Waals surface area contributed by atoms with Gasteiger partial charge in [0, 0.05) is 31.7 Å². The molecule has 2 amide bonds. The van der Waals surface area contributed by atoms with Crippen LogP contribution in [-0.4, -0.2) is 54.3 Å². The van der Waals surface area contributed by atoms with E-state index in [-0.39, 0.29) is 18.2 Å². The molecule has 134 valence electrons. The first-order valence-corrected chi connectivity index (χ1v) is 8.90. The average molecular weight is 360 g/mol. The number of aromatic nitrogens is 1. The lowest BCUT2D eigenvalue weighted by atomic mass is 10.2. The van der Waals surface area contributed by atoms with Crippen molar-refractivity contribution in [2.45, 2.75) is 19.9 Å². The lowest BCUT2D eigenvalue weighted by molar-refractivity contribution is -0.129. The fraction of sp³-hybridized carbons (Fsp3) is 0.389. The van der Waals surface area contributed by atoms with Crippen LogP contribution in [0.3, 0.4) is 0 Å². The normalized spacial score (nSPS) is 10.8. The number of nitrogens with zero attached hydrogens (tertiary/aromatic N) is 3. The van der Waals surface area contributed by atoms with Crippen molar-refractivity contribution in [1.82, 2.24) is 14.8 Å². The molecule has 0 bridgehead atoms. The van der Waals surface area contributed by atoms with E-state index in [9.17, 15) is 9.59 Å². The van der Waals surface area contributed by atoms with Crippen LogP contribution in [0.25, 0.3) is 0 Å². The number of likely N-dealkylation sites (N-methyl/N-ethyl adjacent to an activating group) is 2. The summed E-state index contributed by atoms with van der Waals surface area (Å²) in [5.41, 5.74) is 2.81. The summed E-state index contributed by atoms with van der Waals surface area (Å²) in [4.78, 5) is 31.8. The minimum absolute atomic E-state index is 0.0513. The number of amides is 2. The highest BCUT2D eigenvalue weighted by Gasteiger charge is 2.12. The molecule has 6 nitrogen and oxygen atoms in total. The van der Waals surface area contributed by atoms with Crippen LogP contribution in [0.5, 0.6) is 0 Å². The van der Waals surface area contributed by atoms with Crippen LogP contribution in [0, 0.1) is 6.92 Å². The molecule has 0 atom stereocenters. The highest BCUT2D eigenvalue weighted by atomic mass is 32.1. The lowest BCUT2D eigenvalue weighted by Crippen LogP contribution is -2.34. The monoisotopic (exact) mass is 360 g/mol. The summed E-state index contributed by atoms with van der Waals surface area (Å²) in [6.07, 6.45) is 0.249. The van der Waals surface area contributed by atoms with Gasteiger partial charge in [-0.15, -0.1) is 11.3 Å². The number of hydrogen-bond donors (Lipinski definition) is 1. The molecule has 2 rings (SSSR count). The molecule has 25 heavy (non-hydrogen) atoms. The number of aryl methyl sites for hydroxylation is 1. The van der Waals surface area contributed by atoms with Crippen molar-refractivity contribution >= 4 is 28.8 Å². The number of carbonyl (C=O) groups is 2. The number of anilines is 1. The molecular formula is C18H24N4O2S. The third-order valence-corrected chi connectivity index (χ3v) is 4.48. The third kappa shape index (κ3) is 6.28. The number of benzene rings is 1. The maximum atomic E-state index is 12.1. The Bertz CT molecular complexity index is 725. The van der Waals surface area contributed by atoms with E-state index in [2.05, 4.69) is 10.3 Å². The Morgan fingerprint density at radius 1 is 1.16 bits per heavy atom. The number of carbonyl (C=O) groups excluding carboxylic acids is 2. The van der Waals surface area contributed by atoms with E-state index in [0.29, 0.717) is 13.1 Å². The lowest BCUT2D eigenvalue weighted by Gasteiger charge is -2.17. The maximum absolute atomic E-state index is 12.1. The van der Waals surface area contributed by atoms with Gasteiger partial charge in [-0.25, -0.2) is 4.98 Å². The second-order valence-corrected chi connectivity index (χ2v) is 7.23. The molecule has 2 aromatic rings. The highest BCUT2D eigenvalue weighted by molar-refractivity contribution is 7.09. The van der Waals surface area contributed by atoms with Crippen molar-refractivity contribution in [2.24, 2.45) is 0 Å². The molecule has 0 fully saturated rings. The van der Waals surface area contributed by atoms with Gasteiger partial charge in [-0.3, -0.25) is 14.5 Å². The van der Waals surface area contributed by atoms with Crippen molar-refractivity contribution in [2.75, 3.05) is 33.0 Å². The molecule has 0 aliphatic heterocycles. The smallest absolute Gasteiger partial charge is 0.236 e. The molecule has 0 saturated carbocycles. The molecule has 1 aromatic heterocycles. The van der Waals surface area contributed by atoms with E-state index < -0.39 is 0 Å². The van der Waals surface area contributed by atoms with Crippen LogP contribution in [-0.2, 0) is 22.6 Å². The van der Waals surface area contributed by atoms with Gasteiger partial charge in [0.2, 0.25) is 11.8 Å². The standard InChI is InChI=1S/C18H24N4O2S/c1-13-5-7-14(8-6-13)19-16(23)9-17-20-15(12-25-17)10-22(4)11-18(24)21(2)3/h5-8,12H,9-11H2,1-4H3,(H,19,23). The van der Waals surface area contributed by atoms with E-state index in [1.807, 2.05) is 48.5 Å². The SMILES string of the molecule is Cc1ccc(NC(=O)Cc2nc(CN(C)CC(=O)N(C)C)cs2)cc1. The number of thiazole rings is 1. The van der Waals surface area contributed by atoms with Crippen LogP contribution < -0.4 is 5.32 Å². The molecule has 0 spiro atoms. The van der Waals surface area contributed by atoms with E-state index >= 15 is 0 Å². The predicted octanol–water partition coefficient (Wildman–Crippen LogP) is 2.15. The van der Waals surface area contributed by atoms with E-state index in [4.69, 9.17) is 0 Å². The van der Waals surface area contributed by atoms with Gasteiger partial charge in [0.05, 0.1) is 18.7 Å². The Hall–Kier alpha value is -2.25. The number of nitrogens with one attached hydrogen (secondary N) is 1. The molecule has 0 unspecified atom stereocenters. The van der Waals surface area contributed by atoms with E-state index in [1.165, 1.54) is 11.3 Å². The van der Waals surface area contributed by atoms with Gasteiger partial charge < -0.3 is 10.2 Å². The average Bonchev–Trinajstić information content (AvgIpc) is 2.96. The van der Waals surface area contributed by atoms with Gasteiger partial charge in [0.15, 0.2) is 0 Å². The largest absolute Gasteiger partial charge is 0.348 e. The zero-order chi connectivity index (χ0) is 18.4. The molecule has 0 aliphatic carbocycles. The van der Waals surface area contributed by atoms with Crippen molar-refractivity contribution < 1.29 is 9.59 Å². The van der Waals surface area contributed by atoms with Gasteiger partial charge in [-0.2, -0.15) is 0 Å². The highest BCUT2D eigenvalue weighted by Crippen LogP contribution is 2.14. The summed E-state index contributed by atoms with van der Waals surface area (Å²) in [6.45, 7) is 2.93. The van der Waals surface area contributed by atoms with Gasteiger partial charge in [0.1, 0.15) is 5.01 Å². The topological polar surface area (TPSA) is 65.5 Å². The Labute approximate surface area is 152 Å². The zero-order valence-corrected chi connectivity index (χ0v) is 15.9. The van der Waals surface area contributed by atoms with Crippen molar-refractivity contribution in [3.63, 3.8) is 0 Å². The number of rotatable bonds is 7. The van der Waals surface area contributed by atoms with Crippen LogP contribution >= 0.6 is 11.3 Å². The molecule has 0 aliphatic rings. The molecule has 0 radical (unpaired) electrons. The minimum atomic E-state index is -0.0825. The second kappa shape index (κ2) is 8.73. The Kier molecular flexibility index (Phi) is 6.66. The van der Waals surface area contributed by atoms with E-state index in [1.54, 1.807) is 19.0 Å². The summed E-state index contributed by atoms with van der Waals surface area (Å²) >= 11 is 1.46. The summed E-state index contributed by atoms with van der Waals surface area (Å²) in [5.74, 6) is -0.0312. The maximum Gasteiger partial charge on any atom is 0.236 e. The van der Waals surface area contributed by atoms with Crippen molar-refractivity contribution in [3.8, 4) is 0 Å². The van der Waals surface area contributed by atoms with Crippen LogP contribution in [0.15, 0.2) is 29.6 Å². The van der Waals surface area contributed by atoms with E-state index in [0.717, 1.165) is 22.0 Å². The first-order chi connectivity index (χ1) is 11.8. The second-order valence-electron chi connectivity index (χ2n) is 6.28. The van der Waals surface area contributed by atoms with Crippen LogP contribution in [0.1, 0.15) is 16.3 Å². The Morgan fingerprint density at radius 2 is 1.84 bits per heavy atom. The van der Waals surface area contributed by atoms with Crippen molar-refractivity contribution in [1.29, 1.82) is 0 Å². The van der Waals surface area contributed by atoms with Gasteiger partial charge in [0.25, 0.3) is 0 Å². The molecular weight excluding hydrogens is 336 g/mol. The summed E-state index contributed by atoms with van der Waals surface area (Å²) in [7, 11) is 5.36. The Balaban J connectivity index is 1.85. The molecule has 1 N–H and O–H groups in total. The molecule has 1 heterocycles. The Morgan fingerprint density at radius 3 is 2.48 bits per heavy atom.